The lowest BCUT2D eigenvalue weighted by molar-refractivity contribution is -0.185. The van der Waals surface area contributed by atoms with Gasteiger partial charge in [0.05, 0.1) is 0 Å². The zero-order valence-corrected chi connectivity index (χ0v) is 13.6. The van der Waals surface area contributed by atoms with Crippen molar-refractivity contribution < 1.29 is 14.6 Å². The molecule has 4 fully saturated rings. The van der Waals surface area contributed by atoms with Crippen LogP contribution in [0.5, 0.6) is 0 Å². The molecular weight excluding hydrogens is 355 g/mol. The zero-order valence-electron chi connectivity index (χ0n) is 11.5. The largest absolute Gasteiger partial charge is 0.461 e. The van der Waals surface area contributed by atoms with Gasteiger partial charge in [0.25, 0.3) is 0 Å². The maximum atomic E-state index is 12.0. The molecule has 0 aromatic carbocycles. The molecule has 4 aliphatic rings. The van der Waals surface area contributed by atoms with Gasteiger partial charge in [-0.2, -0.15) is 0 Å². The van der Waals surface area contributed by atoms with E-state index in [0.29, 0.717) is 18.4 Å². The monoisotopic (exact) mass is 378 g/mol. The second-order valence-electron chi connectivity index (χ2n) is 6.91. The number of carbonyl (C=O) groups excluding carboxylic acids is 1. The Hall–Kier alpha value is 0.160. The second-order valence-corrected chi connectivity index (χ2v) is 8.41. The highest BCUT2D eigenvalue weighted by atomic mass is 127. The molecule has 0 aromatic heterocycles. The maximum absolute atomic E-state index is 12.0. The second kappa shape index (κ2) is 5.17. The van der Waals surface area contributed by atoms with Crippen LogP contribution in [-0.2, 0) is 9.53 Å². The molecule has 4 saturated carbocycles. The number of alkyl halides is 1. The fourth-order valence-electron chi connectivity index (χ4n) is 4.91. The minimum Gasteiger partial charge on any atom is -0.461 e. The Labute approximate surface area is 128 Å². The summed E-state index contributed by atoms with van der Waals surface area (Å²) >= 11 is 2.18. The number of ether oxygens (including phenoxy) is 1. The Kier molecular flexibility index (Phi) is 3.84. The van der Waals surface area contributed by atoms with Crippen molar-refractivity contribution in [2.75, 3.05) is 6.61 Å². The normalized spacial score (nSPS) is 45.2. The van der Waals surface area contributed by atoms with E-state index in [2.05, 4.69) is 22.6 Å². The smallest absolute Gasteiger partial charge is 0.319 e. The SMILES string of the molecule is CCC(I)C(=O)OC1C2CC3CC1CC(CO)(C3)C2. The van der Waals surface area contributed by atoms with Crippen LogP contribution in [0.1, 0.15) is 45.4 Å². The van der Waals surface area contributed by atoms with Crippen LogP contribution in [0.25, 0.3) is 0 Å². The van der Waals surface area contributed by atoms with E-state index in [9.17, 15) is 9.90 Å². The summed E-state index contributed by atoms with van der Waals surface area (Å²) in [5, 5.41) is 9.72. The van der Waals surface area contributed by atoms with Crippen molar-refractivity contribution >= 4 is 28.6 Å². The third-order valence-corrected chi connectivity index (χ3v) is 6.90. The summed E-state index contributed by atoms with van der Waals surface area (Å²) in [6, 6.07) is 0. The first kappa shape index (κ1) is 14.1. The molecule has 0 amide bonds. The van der Waals surface area contributed by atoms with Crippen molar-refractivity contribution in [1.82, 2.24) is 0 Å². The molecule has 0 aliphatic heterocycles. The number of aliphatic hydroxyl groups excluding tert-OH is 1. The van der Waals surface area contributed by atoms with Crippen molar-refractivity contribution in [3.63, 3.8) is 0 Å². The molecule has 3 unspecified atom stereocenters. The van der Waals surface area contributed by atoms with Crippen LogP contribution in [-0.4, -0.2) is 27.7 Å². The lowest BCUT2D eigenvalue weighted by Crippen LogP contribution is -2.56. The number of carbonyl (C=O) groups is 1. The van der Waals surface area contributed by atoms with E-state index in [1.807, 2.05) is 6.92 Å². The first-order valence-corrected chi connectivity index (χ1v) is 8.77. The number of rotatable bonds is 4. The fourth-order valence-corrected chi connectivity index (χ4v) is 5.05. The third-order valence-electron chi connectivity index (χ3n) is 5.52. The van der Waals surface area contributed by atoms with Gasteiger partial charge in [-0.3, -0.25) is 4.79 Å². The van der Waals surface area contributed by atoms with Crippen LogP contribution in [0.15, 0.2) is 0 Å². The predicted octanol–water partition coefficient (Wildman–Crippen LogP) is 2.93. The predicted molar refractivity (Wildman–Crippen MR) is 81.1 cm³/mol. The molecule has 0 saturated heterocycles. The van der Waals surface area contributed by atoms with E-state index in [1.54, 1.807) is 0 Å². The lowest BCUT2D eigenvalue weighted by Gasteiger charge is -2.58. The van der Waals surface area contributed by atoms with Crippen molar-refractivity contribution in [1.29, 1.82) is 0 Å². The quantitative estimate of drug-likeness (QED) is 0.465. The van der Waals surface area contributed by atoms with Gasteiger partial charge in [-0.05, 0) is 61.7 Å². The van der Waals surface area contributed by atoms with Crippen LogP contribution < -0.4 is 0 Å². The minimum absolute atomic E-state index is 0.0124. The molecule has 4 rings (SSSR count). The van der Waals surface area contributed by atoms with Gasteiger partial charge >= 0.3 is 5.97 Å². The molecule has 3 atom stereocenters. The van der Waals surface area contributed by atoms with E-state index < -0.39 is 0 Å². The van der Waals surface area contributed by atoms with Gasteiger partial charge in [0.2, 0.25) is 0 Å². The molecule has 19 heavy (non-hydrogen) atoms. The highest BCUT2D eigenvalue weighted by molar-refractivity contribution is 14.1. The van der Waals surface area contributed by atoms with Gasteiger partial charge in [-0.25, -0.2) is 0 Å². The number of esters is 1. The average molecular weight is 378 g/mol. The Bertz CT molecular complexity index is 354. The third kappa shape index (κ3) is 2.43. The molecule has 1 N–H and O–H groups in total. The van der Waals surface area contributed by atoms with Crippen LogP contribution >= 0.6 is 22.6 Å². The highest BCUT2D eigenvalue weighted by Gasteiger charge is 2.56. The van der Waals surface area contributed by atoms with Gasteiger partial charge in [0.15, 0.2) is 0 Å². The maximum Gasteiger partial charge on any atom is 0.319 e. The molecule has 4 heteroatoms. The van der Waals surface area contributed by atoms with Crippen molar-refractivity contribution in [3.8, 4) is 0 Å². The molecular formula is C15H23IO3. The lowest BCUT2D eigenvalue weighted by atomic mass is 9.49. The molecule has 3 nitrogen and oxygen atoms in total. The van der Waals surface area contributed by atoms with Gasteiger partial charge < -0.3 is 9.84 Å². The first-order valence-electron chi connectivity index (χ1n) is 7.52. The van der Waals surface area contributed by atoms with E-state index in [4.69, 9.17) is 4.74 Å². The van der Waals surface area contributed by atoms with Gasteiger partial charge in [-0.1, -0.05) is 29.5 Å². The molecule has 0 radical (unpaired) electrons. The summed E-state index contributed by atoms with van der Waals surface area (Å²) in [4.78, 5) is 12.0. The Balaban J connectivity index is 1.71. The Morgan fingerprint density at radius 3 is 2.53 bits per heavy atom. The summed E-state index contributed by atoms with van der Waals surface area (Å²) in [5.74, 6) is 1.74. The van der Waals surface area contributed by atoms with Gasteiger partial charge in [0.1, 0.15) is 10.0 Å². The molecule has 0 spiro atoms. The van der Waals surface area contributed by atoms with Crippen LogP contribution in [0.3, 0.4) is 0 Å². The van der Waals surface area contributed by atoms with Crippen molar-refractivity contribution in [3.05, 3.63) is 0 Å². The van der Waals surface area contributed by atoms with Crippen LogP contribution in [0.4, 0.5) is 0 Å². The first-order chi connectivity index (χ1) is 9.07. The molecule has 0 heterocycles. The molecule has 4 aliphatic carbocycles. The van der Waals surface area contributed by atoms with Crippen molar-refractivity contribution in [2.45, 2.75) is 55.5 Å². The number of hydrogen-bond acceptors (Lipinski definition) is 3. The fraction of sp³-hybridized carbons (Fsp3) is 0.933. The summed E-state index contributed by atoms with van der Waals surface area (Å²) in [7, 11) is 0. The van der Waals surface area contributed by atoms with Gasteiger partial charge in [0, 0.05) is 6.61 Å². The average Bonchev–Trinajstić information content (AvgIpc) is 2.41. The van der Waals surface area contributed by atoms with Crippen molar-refractivity contribution in [2.24, 2.45) is 23.2 Å². The van der Waals surface area contributed by atoms with Crippen LogP contribution in [0.2, 0.25) is 0 Å². The summed E-state index contributed by atoms with van der Waals surface area (Å²) in [6.07, 6.45) is 6.69. The number of halogens is 1. The molecule has 0 aromatic rings. The summed E-state index contributed by atoms with van der Waals surface area (Å²) < 4.78 is 5.83. The zero-order chi connectivity index (χ0) is 13.6. The standard InChI is InChI=1S/C15H23IO3/c1-2-12(16)14(18)19-13-10-3-9-4-11(13)7-15(5-9,6-10)8-17/h9-13,17H,2-8H2,1H3. The number of aliphatic hydroxyl groups is 1. The highest BCUT2D eigenvalue weighted by Crippen LogP contribution is 2.60. The summed E-state index contributed by atoms with van der Waals surface area (Å²) in [5.41, 5.74) is 0.161. The summed E-state index contributed by atoms with van der Waals surface area (Å²) in [6.45, 7) is 2.34. The van der Waals surface area contributed by atoms with E-state index >= 15 is 0 Å². The van der Waals surface area contributed by atoms with Crippen LogP contribution in [0, 0.1) is 23.2 Å². The van der Waals surface area contributed by atoms with E-state index in [1.165, 1.54) is 19.3 Å². The van der Waals surface area contributed by atoms with E-state index in [-0.39, 0.29) is 21.4 Å². The Morgan fingerprint density at radius 1 is 1.37 bits per heavy atom. The topological polar surface area (TPSA) is 46.5 Å². The Morgan fingerprint density at radius 2 is 2.00 bits per heavy atom. The molecule has 4 bridgehead atoms. The van der Waals surface area contributed by atoms with Gasteiger partial charge in [-0.15, -0.1) is 0 Å². The molecule has 108 valence electrons. The van der Waals surface area contributed by atoms with E-state index in [0.717, 1.165) is 25.2 Å². The number of hydrogen-bond donors (Lipinski definition) is 1. The minimum atomic E-state index is -0.0291.